The van der Waals surface area contributed by atoms with Gasteiger partial charge in [0.15, 0.2) is 0 Å². The van der Waals surface area contributed by atoms with E-state index < -0.39 is 0 Å². The van der Waals surface area contributed by atoms with Gasteiger partial charge in [0.05, 0.1) is 6.54 Å². The average Bonchev–Trinajstić information content (AvgIpc) is 3.19. The number of hydrogen-bond donors (Lipinski definition) is 1. The van der Waals surface area contributed by atoms with Crippen molar-refractivity contribution in [2.75, 3.05) is 39.3 Å². The van der Waals surface area contributed by atoms with Gasteiger partial charge < -0.3 is 10.2 Å². The van der Waals surface area contributed by atoms with E-state index in [4.69, 9.17) is 0 Å². The summed E-state index contributed by atoms with van der Waals surface area (Å²) in [4.78, 5) is 33.1. The van der Waals surface area contributed by atoms with Crippen LogP contribution in [0.2, 0.25) is 0 Å². The Morgan fingerprint density at radius 2 is 1.89 bits per heavy atom. The Kier molecular flexibility index (Phi) is 6.95. The Hall–Kier alpha value is -2.25. The summed E-state index contributed by atoms with van der Waals surface area (Å²) < 4.78 is 0. The summed E-state index contributed by atoms with van der Waals surface area (Å²) in [5, 5.41) is 5.63. The maximum Gasteiger partial charge on any atom is 0.273 e. The average molecular weight is 387 g/mol. The highest BCUT2D eigenvalue weighted by Crippen LogP contribution is 2.24. The summed E-state index contributed by atoms with van der Waals surface area (Å²) in [7, 11) is 0. The van der Waals surface area contributed by atoms with Crippen LogP contribution in [0.3, 0.4) is 0 Å². The number of thiazole rings is 1. The fraction of sp³-hybridized carbons (Fsp3) is 0.450. The van der Waals surface area contributed by atoms with E-state index in [1.54, 1.807) is 0 Å². The molecule has 1 aliphatic rings. The van der Waals surface area contributed by atoms with Gasteiger partial charge in [-0.1, -0.05) is 43.7 Å². The van der Waals surface area contributed by atoms with Crippen LogP contribution in [-0.4, -0.2) is 65.9 Å². The fourth-order valence-corrected chi connectivity index (χ4v) is 3.82. The van der Waals surface area contributed by atoms with Gasteiger partial charge in [-0.2, -0.15) is 0 Å². The molecule has 0 radical (unpaired) electrons. The third-order valence-corrected chi connectivity index (χ3v) is 5.51. The Morgan fingerprint density at radius 3 is 2.59 bits per heavy atom. The highest BCUT2D eigenvalue weighted by molar-refractivity contribution is 7.13. The van der Waals surface area contributed by atoms with Crippen LogP contribution >= 0.6 is 11.3 Å². The highest BCUT2D eigenvalue weighted by Gasteiger charge is 2.24. The number of piperazine rings is 1. The second kappa shape index (κ2) is 9.62. The van der Waals surface area contributed by atoms with Gasteiger partial charge >= 0.3 is 0 Å². The van der Waals surface area contributed by atoms with Crippen LogP contribution in [0.5, 0.6) is 0 Å². The van der Waals surface area contributed by atoms with E-state index in [1.165, 1.54) is 11.3 Å². The third kappa shape index (κ3) is 5.37. The van der Waals surface area contributed by atoms with E-state index in [-0.39, 0.29) is 11.8 Å². The van der Waals surface area contributed by atoms with Gasteiger partial charge in [0.2, 0.25) is 5.91 Å². The number of rotatable bonds is 7. The van der Waals surface area contributed by atoms with Gasteiger partial charge in [-0.15, -0.1) is 11.3 Å². The van der Waals surface area contributed by atoms with Gasteiger partial charge in [-0.3, -0.25) is 14.5 Å². The second-order valence-corrected chi connectivity index (χ2v) is 7.53. The molecule has 0 aliphatic carbocycles. The number of unbranched alkanes of at least 4 members (excludes halogenated alkanes) is 1. The van der Waals surface area contributed by atoms with E-state index >= 15 is 0 Å². The van der Waals surface area contributed by atoms with Crippen LogP contribution in [0.15, 0.2) is 35.7 Å². The Labute approximate surface area is 164 Å². The van der Waals surface area contributed by atoms with Crippen molar-refractivity contribution in [3.05, 3.63) is 41.4 Å². The van der Waals surface area contributed by atoms with Crippen molar-refractivity contribution in [3.63, 3.8) is 0 Å². The molecule has 2 heterocycles. The lowest BCUT2D eigenvalue weighted by atomic mass is 10.2. The maximum atomic E-state index is 12.7. The molecule has 1 N–H and O–H groups in total. The third-order valence-electron chi connectivity index (χ3n) is 4.62. The van der Waals surface area contributed by atoms with Crippen LogP contribution in [0, 0.1) is 0 Å². The first-order valence-electron chi connectivity index (χ1n) is 9.46. The van der Waals surface area contributed by atoms with Crippen molar-refractivity contribution < 1.29 is 9.59 Å². The first kappa shape index (κ1) is 19.5. The van der Waals surface area contributed by atoms with E-state index in [1.807, 2.05) is 40.6 Å². The Balaban J connectivity index is 1.49. The van der Waals surface area contributed by atoms with Gasteiger partial charge in [0.25, 0.3) is 5.91 Å². The lowest BCUT2D eigenvalue weighted by Crippen LogP contribution is -2.51. The predicted molar refractivity (Wildman–Crippen MR) is 108 cm³/mol. The molecule has 0 bridgehead atoms. The molecule has 1 aliphatic heterocycles. The monoisotopic (exact) mass is 386 g/mol. The molecule has 2 aromatic rings. The highest BCUT2D eigenvalue weighted by atomic mass is 32.1. The minimum absolute atomic E-state index is 0.0273. The summed E-state index contributed by atoms with van der Waals surface area (Å²) in [5.41, 5.74) is 1.53. The predicted octanol–water partition coefficient (Wildman–Crippen LogP) is 2.48. The zero-order valence-electron chi connectivity index (χ0n) is 15.7. The first-order valence-corrected chi connectivity index (χ1v) is 10.3. The van der Waals surface area contributed by atoms with Crippen molar-refractivity contribution in [1.82, 2.24) is 20.1 Å². The number of hydrogen-bond acceptors (Lipinski definition) is 5. The summed E-state index contributed by atoms with van der Waals surface area (Å²) in [6.07, 6.45) is 2.08. The summed E-state index contributed by atoms with van der Waals surface area (Å²) >= 11 is 1.49. The summed E-state index contributed by atoms with van der Waals surface area (Å²) in [5.74, 6) is 0.0377. The summed E-state index contributed by atoms with van der Waals surface area (Å²) in [6, 6.07) is 9.90. The molecule has 0 atom stereocenters. The molecule has 1 aromatic carbocycles. The topological polar surface area (TPSA) is 65.5 Å². The molecular formula is C20H26N4O2S. The molecule has 1 saturated heterocycles. The molecule has 0 unspecified atom stereocenters. The molecule has 27 heavy (non-hydrogen) atoms. The minimum Gasteiger partial charge on any atom is -0.355 e. The second-order valence-electron chi connectivity index (χ2n) is 6.68. The van der Waals surface area contributed by atoms with E-state index in [2.05, 4.69) is 22.1 Å². The molecule has 0 saturated carbocycles. The molecule has 2 amide bonds. The molecule has 0 spiro atoms. The molecule has 144 valence electrons. The normalized spacial score (nSPS) is 14.9. The zero-order chi connectivity index (χ0) is 19.1. The van der Waals surface area contributed by atoms with E-state index in [0.29, 0.717) is 38.4 Å². The standard InChI is InChI=1S/C20H26N4O2S/c1-2-3-9-21-18(25)14-23-10-12-24(13-11-23)20(26)17-15-27-19(22-17)16-7-5-4-6-8-16/h4-8,15H,2-3,9-14H2,1H3,(H,21,25). The van der Waals surface area contributed by atoms with Crippen molar-refractivity contribution in [2.45, 2.75) is 19.8 Å². The van der Waals surface area contributed by atoms with Gasteiger partial charge in [0.1, 0.15) is 10.7 Å². The number of benzene rings is 1. The van der Waals surface area contributed by atoms with Crippen molar-refractivity contribution in [2.24, 2.45) is 0 Å². The number of nitrogens with one attached hydrogen (secondary N) is 1. The van der Waals surface area contributed by atoms with Gasteiger partial charge in [-0.25, -0.2) is 4.98 Å². The van der Waals surface area contributed by atoms with Crippen LogP contribution in [0.25, 0.3) is 10.6 Å². The van der Waals surface area contributed by atoms with Crippen molar-refractivity contribution in [1.29, 1.82) is 0 Å². The SMILES string of the molecule is CCCCNC(=O)CN1CCN(C(=O)c2csc(-c3ccccc3)n2)CC1. The number of carbonyl (C=O) groups excluding carboxylic acids is 2. The van der Waals surface area contributed by atoms with Crippen LogP contribution in [0.4, 0.5) is 0 Å². The zero-order valence-corrected chi connectivity index (χ0v) is 16.5. The summed E-state index contributed by atoms with van der Waals surface area (Å²) in [6.45, 7) is 5.92. The molecule has 1 aromatic heterocycles. The van der Waals surface area contributed by atoms with E-state index in [0.717, 1.165) is 30.0 Å². The maximum absolute atomic E-state index is 12.7. The van der Waals surface area contributed by atoms with E-state index in [9.17, 15) is 9.59 Å². The van der Waals surface area contributed by atoms with Crippen LogP contribution in [-0.2, 0) is 4.79 Å². The van der Waals surface area contributed by atoms with Crippen molar-refractivity contribution in [3.8, 4) is 10.6 Å². The smallest absolute Gasteiger partial charge is 0.273 e. The molecule has 6 nitrogen and oxygen atoms in total. The number of aromatic nitrogens is 1. The molecule has 1 fully saturated rings. The minimum atomic E-state index is -0.0273. The van der Waals surface area contributed by atoms with Crippen LogP contribution < -0.4 is 5.32 Å². The largest absolute Gasteiger partial charge is 0.355 e. The van der Waals surface area contributed by atoms with Gasteiger partial charge in [-0.05, 0) is 6.42 Å². The first-order chi connectivity index (χ1) is 13.2. The number of carbonyl (C=O) groups is 2. The quantitative estimate of drug-likeness (QED) is 0.743. The number of amides is 2. The lowest BCUT2D eigenvalue weighted by Gasteiger charge is -2.33. The lowest BCUT2D eigenvalue weighted by molar-refractivity contribution is -0.122. The molecule has 7 heteroatoms. The number of nitrogens with zero attached hydrogens (tertiary/aromatic N) is 3. The molecular weight excluding hydrogens is 360 g/mol. The molecule has 3 rings (SSSR count). The fourth-order valence-electron chi connectivity index (χ4n) is 3.02. The Bertz CT molecular complexity index is 754. The van der Waals surface area contributed by atoms with Crippen LogP contribution in [0.1, 0.15) is 30.3 Å². The van der Waals surface area contributed by atoms with Gasteiger partial charge in [0, 0.05) is 43.7 Å². The van der Waals surface area contributed by atoms with Crippen molar-refractivity contribution >= 4 is 23.2 Å². The Morgan fingerprint density at radius 1 is 1.15 bits per heavy atom.